The quantitative estimate of drug-likeness (QED) is 0.692. The van der Waals surface area contributed by atoms with E-state index in [1.165, 1.54) is 23.9 Å². The van der Waals surface area contributed by atoms with Crippen LogP contribution in [0.15, 0.2) is 81.9 Å². The smallest absolute Gasteiger partial charge is 0.325 e. The number of aliphatic carboxylic acids is 1. The molecule has 0 unspecified atom stereocenters. The van der Waals surface area contributed by atoms with Gasteiger partial charge in [-0.3, -0.25) is 9.69 Å². The van der Waals surface area contributed by atoms with E-state index in [-0.39, 0.29) is 17.7 Å². The van der Waals surface area contributed by atoms with Crippen LogP contribution in [0.4, 0.5) is 0 Å². The Hall–Kier alpha value is -2.09. The fourth-order valence-corrected chi connectivity index (χ4v) is 6.15. The maximum atomic E-state index is 13.3. The predicted molar refractivity (Wildman–Crippen MR) is 110 cm³/mol. The molecule has 148 valence electrons. The van der Waals surface area contributed by atoms with E-state index in [9.17, 15) is 18.3 Å². The Morgan fingerprint density at radius 3 is 2.18 bits per heavy atom. The van der Waals surface area contributed by atoms with Gasteiger partial charge in [0.2, 0.25) is 0 Å². The van der Waals surface area contributed by atoms with Crippen molar-refractivity contribution < 1.29 is 18.3 Å². The minimum atomic E-state index is -4.01. The van der Waals surface area contributed by atoms with E-state index in [2.05, 4.69) is 6.58 Å². The zero-order valence-electron chi connectivity index (χ0n) is 15.5. The molecular weight excluding hydrogens is 394 g/mol. The normalized spacial score (nSPS) is 17.1. The highest BCUT2D eigenvalue weighted by Crippen LogP contribution is 2.37. The second-order valence-corrected chi connectivity index (χ2v) is 10.2. The van der Waals surface area contributed by atoms with E-state index in [0.29, 0.717) is 19.6 Å². The van der Waals surface area contributed by atoms with Crippen molar-refractivity contribution in [3.05, 3.63) is 67.3 Å². The molecular formula is C21H23NO4S2. The Morgan fingerprint density at radius 2 is 1.64 bits per heavy atom. The van der Waals surface area contributed by atoms with Gasteiger partial charge in [-0.05, 0) is 49.2 Å². The van der Waals surface area contributed by atoms with Crippen LogP contribution in [0.1, 0.15) is 12.8 Å². The molecule has 7 heteroatoms. The van der Waals surface area contributed by atoms with Crippen LogP contribution in [0.25, 0.3) is 0 Å². The number of likely N-dealkylation sites (tertiary alicyclic amines) is 1. The largest absolute Gasteiger partial charge is 0.480 e. The molecule has 1 aliphatic heterocycles. The third-order valence-electron chi connectivity index (χ3n) is 5.07. The molecule has 0 atom stereocenters. The summed E-state index contributed by atoms with van der Waals surface area (Å²) < 4.78 is 24.7. The number of carbonyl (C=O) groups is 1. The van der Waals surface area contributed by atoms with Gasteiger partial charge in [0.05, 0.1) is 4.90 Å². The molecule has 1 saturated heterocycles. The van der Waals surface area contributed by atoms with Crippen LogP contribution < -0.4 is 0 Å². The summed E-state index contributed by atoms with van der Waals surface area (Å²) in [5.41, 5.74) is 0. The summed E-state index contributed by atoms with van der Waals surface area (Å²) in [4.78, 5) is 16.1. The summed E-state index contributed by atoms with van der Waals surface area (Å²) in [5.74, 6) is -1.27. The number of hydrogen-bond donors (Lipinski definition) is 1. The van der Waals surface area contributed by atoms with Gasteiger partial charge in [0.25, 0.3) is 0 Å². The Labute approximate surface area is 170 Å². The molecule has 1 fully saturated rings. The van der Waals surface area contributed by atoms with Crippen LogP contribution in [-0.4, -0.2) is 48.8 Å². The zero-order chi connectivity index (χ0) is 20.2. The first-order valence-corrected chi connectivity index (χ1v) is 11.3. The predicted octanol–water partition coefficient (Wildman–Crippen LogP) is 3.72. The molecule has 5 nitrogen and oxygen atoms in total. The number of carboxylic acid groups (broad SMARTS) is 1. The Balaban J connectivity index is 1.84. The lowest BCUT2D eigenvalue weighted by molar-refractivity contribution is -0.141. The van der Waals surface area contributed by atoms with Crippen molar-refractivity contribution in [2.75, 3.05) is 19.6 Å². The van der Waals surface area contributed by atoms with Gasteiger partial charge in [0, 0.05) is 29.4 Å². The molecule has 0 bridgehead atoms. The van der Waals surface area contributed by atoms with Crippen molar-refractivity contribution in [1.82, 2.24) is 4.90 Å². The second-order valence-electron chi connectivity index (χ2n) is 6.78. The number of nitrogens with zero attached hydrogens (tertiary/aromatic N) is 1. The number of carboxylic acids is 1. The van der Waals surface area contributed by atoms with Crippen LogP contribution in [0, 0.1) is 0 Å². The molecule has 2 aromatic rings. The van der Waals surface area contributed by atoms with E-state index in [1.807, 2.05) is 35.2 Å². The Bertz CT molecular complexity index is 932. The van der Waals surface area contributed by atoms with E-state index >= 15 is 0 Å². The minimum absolute atomic E-state index is 0.0597. The van der Waals surface area contributed by atoms with E-state index in [4.69, 9.17) is 0 Å². The van der Waals surface area contributed by atoms with E-state index in [1.54, 1.807) is 18.2 Å². The highest BCUT2D eigenvalue weighted by Gasteiger charge is 2.53. The first-order chi connectivity index (χ1) is 13.4. The molecule has 0 spiro atoms. The van der Waals surface area contributed by atoms with Crippen molar-refractivity contribution in [2.45, 2.75) is 32.3 Å². The van der Waals surface area contributed by atoms with Gasteiger partial charge in [-0.15, -0.1) is 6.58 Å². The van der Waals surface area contributed by atoms with Crippen LogP contribution in [-0.2, 0) is 14.6 Å². The third-order valence-corrected chi connectivity index (χ3v) is 8.59. The lowest BCUT2D eigenvalue weighted by Gasteiger charge is -2.37. The SMILES string of the molecule is C=CCN1CCC(C(=O)O)(S(=O)(=O)c2ccc(Sc3ccccc3)cc2)CC1. The van der Waals surface area contributed by atoms with Crippen LogP contribution >= 0.6 is 11.8 Å². The summed E-state index contributed by atoms with van der Waals surface area (Å²) >= 11 is 1.53. The van der Waals surface area contributed by atoms with Crippen molar-refractivity contribution in [1.29, 1.82) is 0 Å². The summed E-state index contributed by atoms with van der Waals surface area (Å²) in [5, 5.41) is 9.83. The van der Waals surface area contributed by atoms with Crippen LogP contribution in [0.3, 0.4) is 0 Å². The van der Waals surface area contributed by atoms with Crippen LogP contribution in [0.2, 0.25) is 0 Å². The monoisotopic (exact) mass is 417 g/mol. The lowest BCUT2D eigenvalue weighted by atomic mass is 9.96. The highest BCUT2D eigenvalue weighted by atomic mass is 32.2. The molecule has 1 aliphatic rings. The summed E-state index contributed by atoms with van der Waals surface area (Å²) in [6.07, 6.45) is 1.88. The molecule has 2 aromatic carbocycles. The second kappa shape index (κ2) is 8.51. The molecule has 0 aliphatic carbocycles. The van der Waals surface area contributed by atoms with Crippen molar-refractivity contribution in [3.8, 4) is 0 Å². The van der Waals surface area contributed by atoms with Crippen molar-refractivity contribution >= 4 is 27.6 Å². The molecule has 3 rings (SSSR count). The summed E-state index contributed by atoms with van der Waals surface area (Å²) in [6, 6.07) is 16.3. The van der Waals surface area contributed by atoms with Gasteiger partial charge < -0.3 is 5.11 Å². The van der Waals surface area contributed by atoms with E-state index in [0.717, 1.165) is 9.79 Å². The molecule has 1 N–H and O–H groups in total. The van der Waals surface area contributed by atoms with Gasteiger partial charge >= 0.3 is 5.97 Å². The molecule has 1 heterocycles. The highest BCUT2D eigenvalue weighted by molar-refractivity contribution is 7.99. The van der Waals surface area contributed by atoms with Gasteiger partial charge in [-0.2, -0.15) is 0 Å². The van der Waals surface area contributed by atoms with E-state index < -0.39 is 20.6 Å². The number of hydrogen-bond acceptors (Lipinski definition) is 5. The molecule has 28 heavy (non-hydrogen) atoms. The number of benzene rings is 2. The molecule has 0 radical (unpaired) electrons. The fourth-order valence-electron chi connectivity index (χ4n) is 3.41. The maximum absolute atomic E-state index is 13.3. The fraction of sp³-hybridized carbons (Fsp3) is 0.286. The molecule has 0 aromatic heterocycles. The Kier molecular flexibility index (Phi) is 6.27. The van der Waals surface area contributed by atoms with Crippen molar-refractivity contribution in [3.63, 3.8) is 0 Å². The summed E-state index contributed by atoms with van der Waals surface area (Å²) in [7, 11) is -4.01. The van der Waals surface area contributed by atoms with Gasteiger partial charge in [0.1, 0.15) is 0 Å². The first kappa shape index (κ1) is 20.6. The standard InChI is InChI=1S/C21H23NO4S2/c1-2-14-22-15-12-21(13-16-22,20(23)24)28(25,26)19-10-8-18(9-11-19)27-17-6-4-3-5-7-17/h2-11H,1,12-16H2,(H,23,24). The number of piperidine rings is 1. The first-order valence-electron chi connectivity index (χ1n) is 9.03. The van der Waals surface area contributed by atoms with Crippen LogP contribution in [0.5, 0.6) is 0 Å². The summed E-state index contributed by atoms with van der Waals surface area (Å²) in [6.45, 7) is 5.14. The van der Waals surface area contributed by atoms with Crippen molar-refractivity contribution in [2.24, 2.45) is 0 Å². The number of sulfone groups is 1. The topological polar surface area (TPSA) is 74.7 Å². The molecule has 0 saturated carbocycles. The maximum Gasteiger partial charge on any atom is 0.325 e. The van der Waals surface area contributed by atoms with Gasteiger partial charge in [-0.1, -0.05) is 36.0 Å². The minimum Gasteiger partial charge on any atom is -0.480 e. The average Bonchev–Trinajstić information content (AvgIpc) is 2.70. The molecule has 0 amide bonds. The van der Waals surface area contributed by atoms with Gasteiger partial charge in [-0.25, -0.2) is 8.42 Å². The Morgan fingerprint density at radius 1 is 1.07 bits per heavy atom. The zero-order valence-corrected chi connectivity index (χ0v) is 17.1. The third kappa shape index (κ3) is 4.01. The average molecular weight is 418 g/mol. The van der Waals surface area contributed by atoms with Gasteiger partial charge in [0.15, 0.2) is 14.6 Å². The lowest BCUT2D eigenvalue weighted by Crippen LogP contribution is -2.54. The number of rotatable bonds is 7.